The van der Waals surface area contributed by atoms with E-state index in [-0.39, 0.29) is 0 Å². The third-order valence-electron chi connectivity index (χ3n) is 2.81. The minimum absolute atomic E-state index is 0.441. The molecular weight excluding hydrogens is 258 g/mol. The zero-order valence-electron chi connectivity index (χ0n) is 11.3. The van der Waals surface area contributed by atoms with Gasteiger partial charge in [-0.1, -0.05) is 19.1 Å². The lowest BCUT2D eigenvalue weighted by Gasteiger charge is -2.07. The van der Waals surface area contributed by atoms with Crippen molar-refractivity contribution in [2.75, 3.05) is 0 Å². The molecule has 2 rings (SSSR count). The highest BCUT2D eigenvalue weighted by molar-refractivity contribution is 7.09. The van der Waals surface area contributed by atoms with Gasteiger partial charge in [0.2, 0.25) is 0 Å². The normalized spacial score (nSPS) is 12.4. The van der Waals surface area contributed by atoms with Crippen molar-refractivity contribution in [1.82, 2.24) is 4.98 Å². The molecule has 0 aliphatic rings. The predicted molar refractivity (Wildman–Crippen MR) is 77.5 cm³/mol. The number of nitrogens with zero attached hydrogens (tertiary/aromatic N) is 1. The Morgan fingerprint density at radius 1 is 1.32 bits per heavy atom. The molecule has 0 spiro atoms. The first-order valence-electron chi connectivity index (χ1n) is 6.53. The minimum Gasteiger partial charge on any atom is -0.487 e. The van der Waals surface area contributed by atoms with Crippen LogP contribution in [-0.2, 0) is 13.0 Å². The molecule has 19 heavy (non-hydrogen) atoms. The average molecular weight is 277 g/mol. The van der Waals surface area contributed by atoms with E-state index in [1.807, 2.05) is 24.3 Å². The Morgan fingerprint density at radius 2 is 2.05 bits per heavy atom. The minimum atomic E-state index is -0.441. The van der Waals surface area contributed by atoms with E-state index in [1.54, 1.807) is 18.3 Å². The van der Waals surface area contributed by atoms with E-state index in [0.29, 0.717) is 6.61 Å². The Morgan fingerprint density at radius 3 is 2.68 bits per heavy atom. The Kier molecular flexibility index (Phi) is 4.93. The molecule has 1 N–H and O–H groups in total. The highest BCUT2D eigenvalue weighted by atomic mass is 32.1. The Labute approximate surface area is 117 Å². The van der Waals surface area contributed by atoms with Crippen molar-refractivity contribution in [3.05, 3.63) is 45.9 Å². The van der Waals surface area contributed by atoms with E-state index < -0.39 is 6.10 Å². The highest BCUT2D eigenvalue weighted by Gasteiger charge is 2.04. The van der Waals surface area contributed by atoms with Gasteiger partial charge in [0, 0.05) is 5.38 Å². The molecule has 2 aromatic rings. The van der Waals surface area contributed by atoms with Gasteiger partial charge < -0.3 is 9.84 Å². The first-order chi connectivity index (χ1) is 9.19. The number of thiazole rings is 1. The number of ether oxygens (including phenoxy) is 1. The maximum absolute atomic E-state index is 9.43. The van der Waals surface area contributed by atoms with Crippen LogP contribution in [0.2, 0.25) is 0 Å². The monoisotopic (exact) mass is 277 g/mol. The molecule has 0 fully saturated rings. The molecule has 1 atom stereocenters. The standard InChI is InChI=1S/C15H19NO2S/c1-3-4-15-16-13(10-19-15)9-18-14-7-5-12(6-8-14)11(2)17/h5-8,10-11,17H,3-4,9H2,1-2H3/t11-/m0/s1. The van der Waals surface area contributed by atoms with Crippen LogP contribution in [0.25, 0.3) is 0 Å². The molecule has 0 saturated heterocycles. The fourth-order valence-electron chi connectivity index (χ4n) is 1.74. The number of hydrogen-bond acceptors (Lipinski definition) is 4. The summed E-state index contributed by atoms with van der Waals surface area (Å²) >= 11 is 1.69. The molecule has 0 amide bonds. The van der Waals surface area contributed by atoms with Crippen molar-refractivity contribution in [2.24, 2.45) is 0 Å². The van der Waals surface area contributed by atoms with Gasteiger partial charge in [-0.3, -0.25) is 0 Å². The van der Waals surface area contributed by atoms with E-state index in [2.05, 4.69) is 17.3 Å². The van der Waals surface area contributed by atoms with Gasteiger partial charge in [-0.05, 0) is 37.5 Å². The summed E-state index contributed by atoms with van der Waals surface area (Å²) in [6, 6.07) is 7.51. The zero-order chi connectivity index (χ0) is 13.7. The summed E-state index contributed by atoms with van der Waals surface area (Å²) in [5, 5.41) is 12.6. The van der Waals surface area contributed by atoms with Crippen LogP contribution in [0, 0.1) is 0 Å². The topological polar surface area (TPSA) is 42.4 Å². The van der Waals surface area contributed by atoms with Crippen LogP contribution < -0.4 is 4.74 Å². The van der Waals surface area contributed by atoms with Gasteiger partial charge in [-0.2, -0.15) is 0 Å². The molecule has 0 bridgehead atoms. The number of aliphatic hydroxyl groups is 1. The molecule has 0 radical (unpaired) electrons. The molecule has 0 aliphatic carbocycles. The smallest absolute Gasteiger partial charge is 0.131 e. The molecule has 0 aliphatic heterocycles. The highest BCUT2D eigenvalue weighted by Crippen LogP contribution is 2.19. The third kappa shape index (κ3) is 4.04. The lowest BCUT2D eigenvalue weighted by Crippen LogP contribution is -1.97. The summed E-state index contributed by atoms with van der Waals surface area (Å²) in [6.45, 7) is 4.40. The second-order valence-electron chi connectivity index (χ2n) is 4.52. The van der Waals surface area contributed by atoms with E-state index >= 15 is 0 Å². The fourth-order valence-corrected chi connectivity index (χ4v) is 2.63. The Balaban J connectivity index is 1.90. The van der Waals surface area contributed by atoms with E-state index in [0.717, 1.165) is 29.8 Å². The van der Waals surface area contributed by atoms with Crippen LogP contribution in [0.5, 0.6) is 5.75 Å². The van der Waals surface area contributed by atoms with Crippen molar-refractivity contribution < 1.29 is 9.84 Å². The first-order valence-corrected chi connectivity index (χ1v) is 7.41. The molecule has 0 saturated carbocycles. The number of aromatic nitrogens is 1. The molecule has 3 nitrogen and oxygen atoms in total. The summed E-state index contributed by atoms with van der Waals surface area (Å²) < 4.78 is 5.68. The van der Waals surface area contributed by atoms with Gasteiger partial charge in [0.15, 0.2) is 0 Å². The van der Waals surface area contributed by atoms with Gasteiger partial charge in [0.1, 0.15) is 12.4 Å². The van der Waals surface area contributed by atoms with Crippen molar-refractivity contribution in [3.63, 3.8) is 0 Å². The van der Waals surface area contributed by atoms with Crippen LogP contribution in [0.1, 0.15) is 42.6 Å². The molecule has 0 unspecified atom stereocenters. The fraction of sp³-hybridized carbons (Fsp3) is 0.400. The van der Waals surface area contributed by atoms with E-state index in [9.17, 15) is 5.11 Å². The summed E-state index contributed by atoms with van der Waals surface area (Å²) in [6.07, 6.45) is 1.71. The molecule has 1 heterocycles. The summed E-state index contributed by atoms with van der Waals surface area (Å²) in [5.74, 6) is 0.800. The largest absolute Gasteiger partial charge is 0.487 e. The Hall–Kier alpha value is -1.39. The van der Waals surface area contributed by atoms with Crippen LogP contribution in [-0.4, -0.2) is 10.1 Å². The van der Waals surface area contributed by atoms with Crippen molar-refractivity contribution >= 4 is 11.3 Å². The van der Waals surface area contributed by atoms with Gasteiger partial charge in [-0.25, -0.2) is 4.98 Å². The van der Waals surface area contributed by atoms with Crippen LogP contribution >= 0.6 is 11.3 Å². The zero-order valence-corrected chi connectivity index (χ0v) is 12.1. The van der Waals surface area contributed by atoms with Crippen molar-refractivity contribution in [2.45, 2.75) is 39.4 Å². The predicted octanol–water partition coefficient (Wildman–Crippen LogP) is 3.73. The molecule has 1 aromatic heterocycles. The summed E-state index contributed by atoms with van der Waals surface area (Å²) in [4.78, 5) is 4.51. The van der Waals surface area contributed by atoms with Crippen LogP contribution in [0.15, 0.2) is 29.6 Å². The van der Waals surface area contributed by atoms with E-state index in [1.165, 1.54) is 5.01 Å². The maximum Gasteiger partial charge on any atom is 0.131 e. The Bertz CT molecular complexity index is 505. The number of rotatable bonds is 6. The number of aliphatic hydroxyl groups excluding tert-OH is 1. The van der Waals surface area contributed by atoms with Gasteiger partial charge in [0.05, 0.1) is 16.8 Å². The number of hydrogen-bond donors (Lipinski definition) is 1. The molecule has 102 valence electrons. The molecule has 1 aromatic carbocycles. The summed E-state index contributed by atoms with van der Waals surface area (Å²) in [5.41, 5.74) is 1.87. The lowest BCUT2D eigenvalue weighted by molar-refractivity contribution is 0.199. The van der Waals surface area contributed by atoms with Gasteiger partial charge >= 0.3 is 0 Å². The first kappa shape index (κ1) is 14.0. The lowest BCUT2D eigenvalue weighted by atomic mass is 10.1. The second-order valence-corrected chi connectivity index (χ2v) is 5.46. The molecular formula is C15H19NO2S. The van der Waals surface area contributed by atoms with E-state index in [4.69, 9.17) is 4.74 Å². The van der Waals surface area contributed by atoms with Crippen LogP contribution in [0.3, 0.4) is 0 Å². The van der Waals surface area contributed by atoms with Crippen LogP contribution in [0.4, 0.5) is 0 Å². The second kappa shape index (κ2) is 6.68. The van der Waals surface area contributed by atoms with Crippen molar-refractivity contribution in [3.8, 4) is 5.75 Å². The SMILES string of the molecule is CCCc1nc(COc2ccc([C@H](C)O)cc2)cs1. The third-order valence-corrected chi connectivity index (χ3v) is 3.77. The summed E-state index contributed by atoms with van der Waals surface area (Å²) in [7, 11) is 0. The number of benzene rings is 1. The number of aryl methyl sites for hydroxylation is 1. The van der Waals surface area contributed by atoms with Crippen molar-refractivity contribution in [1.29, 1.82) is 0 Å². The molecule has 4 heteroatoms. The maximum atomic E-state index is 9.43. The van der Waals surface area contributed by atoms with Gasteiger partial charge in [-0.15, -0.1) is 11.3 Å². The average Bonchev–Trinajstić information content (AvgIpc) is 2.85. The van der Waals surface area contributed by atoms with Gasteiger partial charge in [0.25, 0.3) is 0 Å². The quantitative estimate of drug-likeness (QED) is 0.875.